The molecule has 84 valence electrons. The third-order valence-corrected chi connectivity index (χ3v) is 3.57. The zero-order chi connectivity index (χ0) is 10.8. The summed E-state index contributed by atoms with van der Waals surface area (Å²) in [6, 6.07) is 0.249. The zero-order valence-corrected chi connectivity index (χ0v) is 9.56. The van der Waals surface area contributed by atoms with E-state index in [0.717, 1.165) is 18.0 Å². The molecule has 0 saturated heterocycles. The van der Waals surface area contributed by atoms with Crippen LogP contribution in [0.5, 0.6) is 0 Å². The van der Waals surface area contributed by atoms with Gasteiger partial charge < -0.3 is 5.73 Å². The highest BCUT2D eigenvalue weighted by Crippen LogP contribution is 2.33. The molecule has 0 bridgehead atoms. The van der Waals surface area contributed by atoms with Crippen LogP contribution >= 0.6 is 0 Å². The first-order valence-corrected chi connectivity index (χ1v) is 5.77. The summed E-state index contributed by atoms with van der Waals surface area (Å²) in [6.07, 6.45) is 6.77. The van der Waals surface area contributed by atoms with E-state index in [2.05, 4.69) is 17.2 Å². The minimum atomic E-state index is 0.249. The number of aryl methyl sites for hydroxylation is 1. The van der Waals surface area contributed by atoms with Crippen molar-refractivity contribution in [1.82, 2.24) is 15.0 Å². The molecule has 3 unspecified atom stereocenters. The van der Waals surface area contributed by atoms with Crippen LogP contribution in [-0.2, 0) is 13.5 Å². The summed E-state index contributed by atoms with van der Waals surface area (Å²) < 4.78 is 1.74. The van der Waals surface area contributed by atoms with Crippen molar-refractivity contribution < 1.29 is 0 Å². The van der Waals surface area contributed by atoms with E-state index in [1.54, 1.807) is 4.68 Å². The number of nitrogens with two attached hydrogens (primary N) is 1. The fraction of sp³-hybridized carbons (Fsp3) is 0.818. The van der Waals surface area contributed by atoms with Crippen molar-refractivity contribution in [2.24, 2.45) is 24.6 Å². The van der Waals surface area contributed by atoms with Gasteiger partial charge in [-0.2, -0.15) is 0 Å². The number of rotatable bonds is 3. The predicted octanol–water partition coefficient (Wildman–Crippen LogP) is 1.12. The Balaban J connectivity index is 1.94. The molecule has 1 saturated carbocycles. The quantitative estimate of drug-likeness (QED) is 0.810. The van der Waals surface area contributed by atoms with Crippen LogP contribution in [0.1, 0.15) is 31.9 Å². The fourth-order valence-corrected chi connectivity index (χ4v) is 2.69. The van der Waals surface area contributed by atoms with Crippen LogP contribution in [-0.4, -0.2) is 21.0 Å². The average Bonchev–Trinajstić information content (AvgIpc) is 2.75. The summed E-state index contributed by atoms with van der Waals surface area (Å²) in [6.45, 7) is 2.31. The van der Waals surface area contributed by atoms with Crippen molar-refractivity contribution in [3.8, 4) is 0 Å². The second kappa shape index (κ2) is 4.31. The molecule has 0 amide bonds. The van der Waals surface area contributed by atoms with E-state index in [1.807, 2.05) is 13.2 Å². The molecule has 2 rings (SSSR count). The van der Waals surface area contributed by atoms with Gasteiger partial charge in [0.1, 0.15) is 0 Å². The first-order chi connectivity index (χ1) is 7.16. The van der Waals surface area contributed by atoms with E-state index in [4.69, 9.17) is 5.73 Å². The van der Waals surface area contributed by atoms with Crippen LogP contribution in [0.25, 0.3) is 0 Å². The highest BCUT2D eigenvalue weighted by molar-refractivity contribution is 4.97. The number of aromatic nitrogens is 3. The van der Waals surface area contributed by atoms with Gasteiger partial charge in [0, 0.05) is 25.7 Å². The summed E-state index contributed by atoms with van der Waals surface area (Å²) in [5.74, 6) is 1.45. The second-order valence-electron chi connectivity index (χ2n) is 4.82. The molecule has 1 heterocycles. The number of hydrogen-bond acceptors (Lipinski definition) is 3. The van der Waals surface area contributed by atoms with Crippen molar-refractivity contribution >= 4 is 0 Å². The van der Waals surface area contributed by atoms with E-state index in [-0.39, 0.29) is 6.04 Å². The van der Waals surface area contributed by atoms with Gasteiger partial charge in [-0.1, -0.05) is 25.0 Å². The molecular formula is C11H20N4. The molecule has 2 N–H and O–H groups in total. The second-order valence-corrected chi connectivity index (χ2v) is 4.82. The average molecular weight is 208 g/mol. The smallest absolute Gasteiger partial charge is 0.0842 e. The van der Waals surface area contributed by atoms with Crippen LogP contribution in [0, 0.1) is 11.8 Å². The van der Waals surface area contributed by atoms with Crippen molar-refractivity contribution in [2.45, 2.75) is 38.6 Å². The molecule has 0 radical (unpaired) electrons. The first kappa shape index (κ1) is 10.6. The van der Waals surface area contributed by atoms with E-state index < -0.39 is 0 Å². The third kappa shape index (κ3) is 2.37. The minimum absolute atomic E-state index is 0.249. The Bertz CT molecular complexity index is 320. The molecule has 0 aliphatic heterocycles. The molecule has 4 heteroatoms. The van der Waals surface area contributed by atoms with Gasteiger partial charge >= 0.3 is 0 Å². The highest BCUT2D eigenvalue weighted by atomic mass is 15.4. The topological polar surface area (TPSA) is 56.7 Å². The van der Waals surface area contributed by atoms with Crippen LogP contribution < -0.4 is 5.73 Å². The maximum absolute atomic E-state index is 6.23. The molecule has 0 spiro atoms. The summed E-state index contributed by atoms with van der Waals surface area (Å²) in [5, 5.41) is 8.01. The Labute approximate surface area is 90.8 Å². The van der Waals surface area contributed by atoms with Crippen LogP contribution in [0.3, 0.4) is 0 Å². The van der Waals surface area contributed by atoms with Gasteiger partial charge in [-0.15, -0.1) is 5.10 Å². The molecule has 1 aromatic heterocycles. The molecule has 1 fully saturated rings. The van der Waals surface area contributed by atoms with Crippen molar-refractivity contribution in [1.29, 1.82) is 0 Å². The standard InChI is InChI=1S/C11H20N4/c1-8-4-3-5-10(8)11(12)6-9-7-15(2)14-13-9/h7-8,10-11H,3-6,12H2,1-2H3. The lowest BCUT2D eigenvalue weighted by Gasteiger charge is -2.22. The number of nitrogens with zero attached hydrogens (tertiary/aromatic N) is 3. The SMILES string of the molecule is CC1CCCC1C(N)Cc1cn(C)nn1. The third-order valence-electron chi connectivity index (χ3n) is 3.57. The predicted molar refractivity (Wildman–Crippen MR) is 59.2 cm³/mol. The molecule has 1 aliphatic rings. The van der Waals surface area contributed by atoms with Gasteiger partial charge in [0.05, 0.1) is 5.69 Å². The summed E-state index contributed by atoms with van der Waals surface area (Å²) in [5.41, 5.74) is 7.25. The molecular weight excluding hydrogens is 188 g/mol. The summed E-state index contributed by atoms with van der Waals surface area (Å²) in [4.78, 5) is 0. The van der Waals surface area contributed by atoms with E-state index in [0.29, 0.717) is 5.92 Å². The van der Waals surface area contributed by atoms with Gasteiger partial charge in [-0.05, 0) is 18.3 Å². The minimum Gasteiger partial charge on any atom is -0.327 e. The van der Waals surface area contributed by atoms with E-state index >= 15 is 0 Å². The van der Waals surface area contributed by atoms with Crippen LogP contribution in [0.2, 0.25) is 0 Å². The number of hydrogen-bond donors (Lipinski definition) is 1. The molecule has 15 heavy (non-hydrogen) atoms. The normalized spacial score (nSPS) is 28.2. The van der Waals surface area contributed by atoms with Gasteiger partial charge in [0.15, 0.2) is 0 Å². The maximum Gasteiger partial charge on any atom is 0.0842 e. The Kier molecular flexibility index (Phi) is 3.05. The Morgan fingerprint density at radius 2 is 2.40 bits per heavy atom. The molecule has 0 aromatic carbocycles. The molecule has 1 aromatic rings. The summed E-state index contributed by atoms with van der Waals surface area (Å²) in [7, 11) is 1.89. The van der Waals surface area contributed by atoms with Gasteiger partial charge in [-0.25, -0.2) is 0 Å². The van der Waals surface area contributed by atoms with Gasteiger partial charge in [0.25, 0.3) is 0 Å². The molecule has 4 nitrogen and oxygen atoms in total. The van der Waals surface area contributed by atoms with Crippen LogP contribution in [0.4, 0.5) is 0 Å². The van der Waals surface area contributed by atoms with E-state index in [9.17, 15) is 0 Å². The monoisotopic (exact) mass is 208 g/mol. The largest absolute Gasteiger partial charge is 0.327 e. The first-order valence-electron chi connectivity index (χ1n) is 5.77. The maximum atomic E-state index is 6.23. The lowest BCUT2D eigenvalue weighted by Crippen LogP contribution is -2.33. The van der Waals surface area contributed by atoms with Crippen molar-refractivity contribution in [2.75, 3.05) is 0 Å². The Morgan fingerprint density at radius 3 is 2.93 bits per heavy atom. The van der Waals surface area contributed by atoms with Crippen LogP contribution in [0.15, 0.2) is 6.20 Å². The Morgan fingerprint density at radius 1 is 1.60 bits per heavy atom. The molecule has 3 atom stereocenters. The Hall–Kier alpha value is -0.900. The highest BCUT2D eigenvalue weighted by Gasteiger charge is 2.29. The fourth-order valence-electron chi connectivity index (χ4n) is 2.69. The summed E-state index contributed by atoms with van der Waals surface area (Å²) >= 11 is 0. The lowest BCUT2D eigenvalue weighted by atomic mass is 9.88. The molecule has 1 aliphatic carbocycles. The van der Waals surface area contributed by atoms with Crippen molar-refractivity contribution in [3.05, 3.63) is 11.9 Å². The van der Waals surface area contributed by atoms with E-state index in [1.165, 1.54) is 19.3 Å². The van der Waals surface area contributed by atoms with Crippen molar-refractivity contribution in [3.63, 3.8) is 0 Å². The zero-order valence-electron chi connectivity index (χ0n) is 9.56. The van der Waals surface area contributed by atoms with Gasteiger partial charge in [0.2, 0.25) is 0 Å². The lowest BCUT2D eigenvalue weighted by molar-refractivity contribution is 0.341. The van der Waals surface area contributed by atoms with Gasteiger partial charge in [-0.3, -0.25) is 4.68 Å².